The Morgan fingerprint density at radius 2 is 1.71 bits per heavy atom. The number of esters is 1. The lowest BCUT2D eigenvalue weighted by Crippen LogP contribution is -2.46. The van der Waals surface area contributed by atoms with Crippen LogP contribution in [0.3, 0.4) is 0 Å². The summed E-state index contributed by atoms with van der Waals surface area (Å²) in [5, 5.41) is 12.9. The minimum atomic E-state index is -0.518. The Morgan fingerprint density at radius 1 is 1.03 bits per heavy atom. The van der Waals surface area contributed by atoms with Gasteiger partial charge in [0, 0.05) is 6.04 Å². The van der Waals surface area contributed by atoms with Crippen molar-refractivity contribution >= 4 is 5.97 Å². The SMILES string of the molecule is C=C1[C@@H](C(=O)OCC)N(C2CCCCC2)[C@H](c2ccccc2)[C@@H]1c1nnnn1Cc1ccccc1. The highest BCUT2D eigenvalue weighted by molar-refractivity contribution is 5.81. The largest absolute Gasteiger partial charge is 0.465 e. The highest BCUT2D eigenvalue weighted by Crippen LogP contribution is 2.51. The van der Waals surface area contributed by atoms with Gasteiger partial charge in [-0.05, 0) is 46.9 Å². The van der Waals surface area contributed by atoms with Crippen molar-refractivity contribution in [1.82, 2.24) is 25.1 Å². The summed E-state index contributed by atoms with van der Waals surface area (Å²) in [7, 11) is 0. The van der Waals surface area contributed by atoms with Gasteiger partial charge in [-0.3, -0.25) is 4.90 Å². The summed E-state index contributed by atoms with van der Waals surface area (Å²) in [5.74, 6) is 0.279. The predicted octanol–water partition coefficient (Wildman–Crippen LogP) is 4.68. The lowest BCUT2D eigenvalue weighted by molar-refractivity contribution is -0.149. The molecule has 7 nitrogen and oxygen atoms in total. The van der Waals surface area contributed by atoms with Crippen molar-refractivity contribution in [2.75, 3.05) is 6.61 Å². The van der Waals surface area contributed by atoms with Gasteiger partial charge in [-0.1, -0.05) is 86.5 Å². The lowest BCUT2D eigenvalue weighted by atomic mass is 9.88. The van der Waals surface area contributed by atoms with E-state index in [4.69, 9.17) is 4.74 Å². The van der Waals surface area contributed by atoms with Gasteiger partial charge in [-0.2, -0.15) is 0 Å². The first-order valence-corrected chi connectivity index (χ1v) is 12.7. The Hall–Kier alpha value is -3.32. The number of likely N-dealkylation sites (tertiary alicyclic amines) is 1. The maximum atomic E-state index is 13.4. The van der Waals surface area contributed by atoms with Gasteiger partial charge < -0.3 is 4.74 Å². The zero-order valence-corrected chi connectivity index (χ0v) is 20.3. The third-order valence-corrected chi connectivity index (χ3v) is 7.35. The molecular formula is C28H33N5O2. The van der Waals surface area contributed by atoms with Crippen LogP contribution in [0.4, 0.5) is 0 Å². The first-order chi connectivity index (χ1) is 17.2. The molecule has 1 saturated carbocycles. The zero-order valence-electron chi connectivity index (χ0n) is 20.3. The van der Waals surface area contributed by atoms with E-state index in [2.05, 4.69) is 63.4 Å². The second-order valence-electron chi connectivity index (χ2n) is 9.48. The molecule has 182 valence electrons. The number of rotatable bonds is 7. The van der Waals surface area contributed by atoms with Crippen LogP contribution in [0.15, 0.2) is 72.8 Å². The maximum absolute atomic E-state index is 13.4. The Kier molecular flexibility index (Phi) is 7.04. The Bertz CT molecular complexity index is 1140. The molecule has 5 rings (SSSR count). The lowest BCUT2D eigenvalue weighted by Gasteiger charge is -2.39. The van der Waals surface area contributed by atoms with E-state index in [9.17, 15) is 4.79 Å². The molecule has 7 heteroatoms. The summed E-state index contributed by atoms with van der Waals surface area (Å²) in [5.41, 5.74) is 3.07. The van der Waals surface area contributed by atoms with Gasteiger partial charge in [0.05, 0.1) is 25.1 Å². The summed E-state index contributed by atoms with van der Waals surface area (Å²) in [6.07, 6.45) is 5.70. The smallest absolute Gasteiger partial charge is 0.327 e. The molecule has 2 aliphatic rings. The van der Waals surface area contributed by atoms with Crippen LogP contribution in [0.2, 0.25) is 0 Å². The van der Waals surface area contributed by atoms with Gasteiger partial charge in [-0.15, -0.1) is 5.10 Å². The van der Waals surface area contributed by atoms with Crippen LogP contribution >= 0.6 is 0 Å². The van der Waals surface area contributed by atoms with E-state index in [0.717, 1.165) is 35.4 Å². The van der Waals surface area contributed by atoms with E-state index in [1.807, 2.05) is 35.9 Å². The van der Waals surface area contributed by atoms with Crippen molar-refractivity contribution in [2.45, 2.75) is 69.6 Å². The number of tetrazole rings is 1. The average Bonchev–Trinajstić information content (AvgIpc) is 3.47. The second kappa shape index (κ2) is 10.5. The molecule has 0 unspecified atom stereocenters. The van der Waals surface area contributed by atoms with Crippen LogP contribution in [0.25, 0.3) is 0 Å². The van der Waals surface area contributed by atoms with Crippen LogP contribution in [0, 0.1) is 0 Å². The van der Waals surface area contributed by atoms with Crippen molar-refractivity contribution in [3.05, 3.63) is 89.8 Å². The van der Waals surface area contributed by atoms with Gasteiger partial charge in [0.1, 0.15) is 6.04 Å². The summed E-state index contributed by atoms with van der Waals surface area (Å²) in [6, 6.07) is 20.2. The number of carbonyl (C=O) groups is 1. The van der Waals surface area contributed by atoms with Gasteiger partial charge >= 0.3 is 5.97 Å². The molecule has 1 aliphatic carbocycles. The molecule has 35 heavy (non-hydrogen) atoms. The van der Waals surface area contributed by atoms with E-state index in [0.29, 0.717) is 13.2 Å². The van der Waals surface area contributed by atoms with Crippen molar-refractivity contribution in [3.8, 4) is 0 Å². The van der Waals surface area contributed by atoms with Crippen molar-refractivity contribution in [1.29, 1.82) is 0 Å². The zero-order chi connectivity index (χ0) is 24.2. The van der Waals surface area contributed by atoms with Crippen LogP contribution in [-0.4, -0.2) is 49.8 Å². The fourth-order valence-corrected chi connectivity index (χ4v) is 5.83. The molecule has 3 atom stereocenters. The number of ether oxygens (including phenoxy) is 1. The topological polar surface area (TPSA) is 73.1 Å². The Morgan fingerprint density at radius 3 is 2.40 bits per heavy atom. The Balaban J connectivity index is 1.61. The van der Waals surface area contributed by atoms with Crippen LogP contribution in [-0.2, 0) is 16.1 Å². The van der Waals surface area contributed by atoms with Crippen molar-refractivity contribution < 1.29 is 9.53 Å². The average molecular weight is 472 g/mol. The summed E-state index contributed by atoms with van der Waals surface area (Å²) >= 11 is 0. The number of aromatic nitrogens is 4. The summed E-state index contributed by atoms with van der Waals surface area (Å²) < 4.78 is 7.45. The van der Waals surface area contributed by atoms with E-state index in [1.165, 1.54) is 19.3 Å². The highest BCUT2D eigenvalue weighted by Gasteiger charge is 2.53. The molecule has 0 amide bonds. The van der Waals surface area contributed by atoms with Crippen molar-refractivity contribution in [2.24, 2.45) is 0 Å². The molecule has 0 spiro atoms. The van der Waals surface area contributed by atoms with E-state index < -0.39 is 6.04 Å². The normalized spacial score (nSPS) is 23.5. The summed E-state index contributed by atoms with van der Waals surface area (Å²) in [6.45, 7) is 7.25. The molecule has 0 bridgehead atoms. The predicted molar refractivity (Wildman–Crippen MR) is 134 cm³/mol. The van der Waals surface area contributed by atoms with E-state index >= 15 is 0 Å². The monoisotopic (exact) mass is 471 g/mol. The van der Waals surface area contributed by atoms with Gasteiger partial charge in [0.25, 0.3) is 0 Å². The molecule has 0 N–H and O–H groups in total. The standard InChI is InChI=1S/C28H33N5O2/c1-3-35-28(34)25-20(2)24(27-29-30-31-32(27)19-21-13-7-4-8-14-21)26(22-15-9-5-10-16-22)33(25)23-17-11-6-12-18-23/h4-5,7-10,13-16,23-26H,2-3,6,11-12,17-19H2,1H3/t24-,25+,26-/m1/s1. The number of hydrogen-bond acceptors (Lipinski definition) is 6. The number of benzene rings is 2. The second-order valence-corrected chi connectivity index (χ2v) is 9.48. The minimum absolute atomic E-state index is 0.0956. The fourth-order valence-electron chi connectivity index (χ4n) is 5.83. The quantitative estimate of drug-likeness (QED) is 0.368. The number of nitrogens with zero attached hydrogens (tertiary/aromatic N) is 5. The van der Waals surface area contributed by atoms with Crippen LogP contribution in [0.5, 0.6) is 0 Å². The fraction of sp³-hybridized carbons (Fsp3) is 0.429. The van der Waals surface area contributed by atoms with Crippen LogP contribution < -0.4 is 0 Å². The van der Waals surface area contributed by atoms with Gasteiger partial charge in [0.2, 0.25) is 0 Å². The minimum Gasteiger partial charge on any atom is -0.465 e. The number of carbonyl (C=O) groups excluding carboxylic acids is 1. The molecule has 1 aromatic heterocycles. The molecular weight excluding hydrogens is 438 g/mol. The highest BCUT2D eigenvalue weighted by atomic mass is 16.5. The van der Waals surface area contributed by atoms with Crippen molar-refractivity contribution in [3.63, 3.8) is 0 Å². The number of hydrogen-bond donors (Lipinski definition) is 0. The molecule has 1 saturated heterocycles. The molecule has 2 heterocycles. The first-order valence-electron chi connectivity index (χ1n) is 12.7. The molecule has 3 aromatic rings. The van der Waals surface area contributed by atoms with Gasteiger partial charge in [-0.25, -0.2) is 9.48 Å². The Labute approximate surface area is 206 Å². The van der Waals surface area contributed by atoms with Crippen LogP contribution in [0.1, 0.15) is 67.9 Å². The maximum Gasteiger partial charge on any atom is 0.327 e. The first kappa shape index (κ1) is 23.4. The van der Waals surface area contributed by atoms with E-state index in [-0.39, 0.29) is 24.0 Å². The molecule has 1 aliphatic heterocycles. The molecule has 2 aromatic carbocycles. The summed E-state index contributed by atoms with van der Waals surface area (Å²) in [4.78, 5) is 15.8. The third-order valence-electron chi connectivity index (χ3n) is 7.35. The third kappa shape index (κ3) is 4.65. The molecule has 2 fully saturated rings. The molecule has 0 radical (unpaired) electrons. The van der Waals surface area contributed by atoms with E-state index in [1.54, 1.807) is 0 Å². The van der Waals surface area contributed by atoms with Gasteiger partial charge in [0.15, 0.2) is 5.82 Å².